The lowest BCUT2D eigenvalue weighted by molar-refractivity contribution is 0.112. The fraction of sp³-hybridized carbons (Fsp3) is 0.222. The third-order valence-corrected chi connectivity index (χ3v) is 4.22. The summed E-state index contributed by atoms with van der Waals surface area (Å²) < 4.78 is 11.6. The second kappa shape index (κ2) is 6.79. The molecule has 2 aromatic carbocycles. The van der Waals surface area contributed by atoms with E-state index in [-0.39, 0.29) is 0 Å². The standard InChI is InChI=1S/C18H17NO3S/c1-3-21-15-9-16(22-4-2)18(13-8-6-5-7-12(13)15)14-11-23-17(10-20)19-14/h5-11H,3-4H2,1-2H3. The number of hydrogen-bond acceptors (Lipinski definition) is 5. The van der Waals surface area contributed by atoms with Crippen molar-refractivity contribution in [1.29, 1.82) is 0 Å². The lowest BCUT2D eigenvalue weighted by Crippen LogP contribution is -1.99. The van der Waals surface area contributed by atoms with Crippen molar-refractivity contribution in [3.05, 3.63) is 40.7 Å². The zero-order chi connectivity index (χ0) is 16.2. The highest BCUT2D eigenvalue weighted by atomic mass is 32.1. The van der Waals surface area contributed by atoms with E-state index in [0.717, 1.165) is 39.8 Å². The normalized spacial score (nSPS) is 10.7. The van der Waals surface area contributed by atoms with E-state index >= 15 is 0 Å². The lowest BCUT2D eigenvalue weighted by atomic mass is 10.0. The van der Waals surface area contributed by atoms with Crippen molar-refractivity contribution in [2.24, 2.45) is 0 Å². The number of nitrogens with zero attached hydrogens (tertiary/aromatic N) is 1. The summed E-state index contributed by atoms with van der Waals surface area (Å²) in [5.41, 5.74) is 1.65. The summed E-state index contributed by atoms with van der Waals surface area (Å²) in [6.45, 7) is 5.03. The van der Waals surface area contributed by atoms with Crippen molar-refractivity contribution < 1.29 is 14.3 Å². The summed E-state index contributed by atoms with van der Waals surface area (Å²) in [7, 11) is 0. The molecule has 1 aromatic heterocycles. The first kappa shape index (κ1) is 15.5. The molecule has 0 N–H and O–H groups in total. The highest BCUT2D eigenvalue weighted by Gasteiger charge is 2.17. The van der Waals surface area contributed by atoms with E-state index in [9.17, 15) is 4.79 Å². The minimum absolute atomic E-state index is 0.459. The summed E-state index contributed by atoms with van der Waals surface area (Å²) >= 11 is 1.33. The van der Waals surface area contributed by atoms with Crippen LogP contribution in [0.2, 0.25) is 0 Å². The Morgan fingerprint density at radius 2 is 1.78 bits per heavy atom. The SMILES string of the molecule is CCOc1cc(OCC)c2ccccc2c1-c1csc(C=O)n1. The number of rotatable bonds is 6. The van der Waals surface area contributed by atoms with E-state index < -0.39 is 0 Å². The number of ether oxygens (including phenoxy) is 2. The number of fused-ring (bicyclic) bond motifs is 1. The van der Waals surface area contributed by atoms with Crippen LogP contribution in [0.1, 0.15) is 23.6 Å². The van der Waals surface area contributed by atoms with Gasteiger partial charge in [-0.25, -0.2) is 4.98 Å². The first-order valence-electron chi connectivity index (χ1n) is 7.50. The maximum Gasteiger partial charge on any atom is 0.178 e. The first-order chi connectivity index (χ1) is 11.3. The molecule has 3 aromatic rings. The predicted molar refractivity (Wildman–Crippen MR) is 92.8 cm³/mol. The fourth-order valence-corrected chi connectivity index (χ4v) is 3.19. The molecule has 23 heavy (non-hydrogen) atoms. The van der Waals surface area contributed by atoms with Crippen LogP contribution in [0.4, 0.5) is 0 Å². The molecule has 0 unspecified atom stereocenters. The van der Waals surface area contributed by atoms with Crippen LogP contribution in [0, 0.1) is 0 Å². The molecular formula is C18H17NO3S. The minimum atomic E-state index is 0.459. The van der Waals surface area contributed by atoms with Gasteiger partial charge >= 0.3 is 0 Å². The average molecular weight is 327 g/mol. The van der Waals surface area contributed by atoms with Gasteiger partial charge in [-0.3, -0.25) is 4.79 Å². The Morgan fingerprint density at radius 3 is 2.43 bits per heavy atom. The third-order valence-electron chi connectivity index (χ3n) is 3.45. The quantitative estimate of drug-likeness (QED) is 0.622. The Labute approximate surface area is 138 Å². The number of benzene rings is 2. The number of thiazole rings is 1. The van der Waals surface area contributed by atoms with Crippen molar-refractivity contribution in [1.82, 2.24) is 4.98 Å². The molecule has 0 aliphatic carbocycles. The molecule has 0 radical (unpaired) electrons. The third kappa shape index (κ3) is 2.92. The summed E-state index contributed by atoms with van der Waals surface area (Å²) in [6.07, 6.45) is 0.769. The number of carbonyl (C=O) groups excluding carboxylic acids is 1. The average Bonchev–Trinajstić information content (AvgIpc) is 3.04. The maximum absolute atomic E-state index is 11.0. The molecule has 0 saturated carbocycles. The van der Waals surface area contributed by atoms with E-state index in [1.165, 1.54) is 11.3 Å². The van der Waals surface area contributed by atoms with Crippen molar-refractivity contribution in [2.75, 3.05) is 13.2 Å². The zero-order valence-electron chi connectivity index (χ0n) is 13.0. The molecule has 0 spiro atoms. The summed E-state index contributed by atoms with van der Waals surface area (Å²) in [5, 5.41) is 4.35. The second-order valence-electron chi connectivity index (χ2n) is 4.85. The fourth-order valence-electron chi connectivity index (χ4n) is 2.58. The monoisotopic (exact) mass is 327 g/mol. The van der Waals surface area contributed by atoms with E-state index in [2.05, 4.69) is 4.98 Å². The zero-order valence-corrected chi connectivity index (χ0v) is 13.9. The number of carbonyl (C=O) groups is 1. The van der Waals surface area contributed by atoms with Crippen molar-refractivity contribution >= 4 is 28.4 Å². The van der Waals surface area contributed by atoms with E-state index in [0.29, 0.717) is 18.2 Å². The summed E-state index contributed by atoms with van der Waals surface area (Å²) in [4.78, 5) is 15.4. The number of aldehydes is 1. The Morgan fingerprint density at radius 1 is 1.09 bits per heavy atom. The topological polar surface area (TPSA) is 48.4 Å². The summed E-state index contributed by atoms with van der Waals surface area (Å²) in [5.74, 6) is 1.51. The van der Waals surface area contributed by atoms with Gasteiger partial charge in [0, 0.05) is 16.8 Å². The van der Waals surface area contributed by atoms with Crippen molar-refractivity contribution in [3.8, 4) is 22.8 Å². The van der Waals surface area contributed by atoms with Crippen LogP contribution in [0.5, 0.6) is 11.5 Å². The van der Waals surface area contributed by atoms with Crippen LogP contribution in [0.3, 0.4) is 0 Å². The van der Waals surface area contributed by atoms with Crippen LogP contribution in [0.15, 0.2) is 35.7 Å². The van der Waals surface area contributed by atoms with Gasteiger partial charge in [-0.05, 0) is 19.2 Å². The number of hydrogen-bond donors (Lipinski definition) is 0. The van der Waals surface area contributed by atoms with Crippen LogP contribution in [-0.4, -0.2) is 24.5 Å². The molecule has 5 heteroatoms. The first-order valence-corrected chi connectivity index (χ1v) is 8.38. The highest BCUT2D eigenvalue weighted by Crippen LogP contribution is 2.42. The lowest BCUT2D eigenvalue weighted by Gasteiger charge is -2.15. The van der Waals surface area contributed by atoms with Crippen LogP contribution in [0.25, 0.3) is 22.0 Å². The van der Waals surface area contributed by atoms with Crippen molar-refractivity contribution in [2.45, 2.75) is 13.8 Å². The Bertz CT molecular complexity index is 841. The molecular weight excluding hydrogens is 310 g/mol. The van der Waals surface area contributed by atoms with Crippen molar-refractivity contribution in [3.63, 3.8) is 0 Å². The van der Waals surface area contributed by atoms with Gasteiger partial charge in [0.25, 0.3) is 0 Å². The molecule has 0 atom stereocenters. The van der Waals surface area contributed by atoms with Gasteiger partial charge < -0.3 is 9.47 Å². The maximum atomic E-state index is 11.0. The van der Waals surface area contributed by atoms with E-state index in [1.54, 1.807) is 0 Å². The molecule has 118 valence electrons. The van der Waals surface area contributed by atoms with Gasteiger partial charge in [0.15, 0.2) is 11.3 Å². The predicted octanol–water partition coefficient (Wildman–Crippen LogP) is 4.57. The van der Waals surface area contributed by atoms with Gasteiger partial charge in [0.05, 0.1) is 24.5 Å². The van der Waals surface area contributed by atoms with Gasteiger partial charge in [0.1, 0.15) is 11.5 Å². The minimum Gasteiger partial charge on any atom is -0.493 e. The number of aromatic nitrogens is 1. The largest absolute Gasteiger partial charge is 0.493 e. The Hall–Kier alpha value is -2.40. The highest BCUT2D eigenvalue weighted by molar-refractivity contribution is 7.11. The van der Waals surface area contributed by atoms with Crippen LogP contribution >= 0.6 is 11.3 Å². The molecule has 4 nitrogen and oxygen atoms in total. The molecule has 1 heterocycles. The molecule has 0 amide bonds. The molecule has 0 fully saturated rings. The summed E-state index contributed by atoms with van der Waals surface area (Å²) in [6, 6.07) is 9.91. The second-order valence-corrected chi connectivity index (χ2v) is 5.74. The molecule has 3 rings (SSSR count). The van der Waals surface area contributed by atoms with Crippen LogP contribution in [-0.2, 0) is 0 Å². The van der Waals surface area contributed by atoms with E-state index in [1.807, 2.05) is 49.6 Å². The smallest absolute Gasteiger partial charge is 0.178 e. The Balaban J connectivity index is 2.31. The van der Waals surface area contributed by atoms with Gasteiger partial charge in [-0.2, -0.15) is 0 Å². The molecule has 0 aliphatic rings. The Kier molecular flexibility index (Phi) is 4.57. The molecule has 0 aliphatic heterocycles. The molecule has 0 saturated heterocycles. The van der Waals surface area contributed by atoms with Gasteiger partial charge in [-0.15, -0.1) is 11.3 Å². The molecule has 0 bridgehead atoms. The van der Waals surface area contributed by atoms with Gasteiger partial charge in [-0.1, -0.05) is 24.3 Å². The van der Waals surface area contributed by atoms with E-state index in [4.69, 9.17) is 9.47 Å². The van der Waals surface area contributed by atoms with Gasteiger partial charge in [0.2, 0.25) is 0 Å². The van der Waals surface area contributed by atoms with Crippen LogP contribution < -0.4 is 9.47 Å².